The second kappa shape index (κ2) is 9.84. The lowest BCUT2D eigenvalue weighted by atomic mass is 9.93. The van der Waals surface area contributed by atoms with Crippen molar-refractivity contribution in [1.82, 2.24) is 14.5 Å². The van der Waals surface area contributed by atoms with Crippen molar-refractivity contribution in [2.24, 2.45) is 0 Å². The van der Waals surface area contributed by atoms with Gasteiger partial charge in [0.05, 0.1) is 28.3 Å². The Morgan fingerprint density at radius 1 is 1.07 bits per heavy atom. The molecular formula is C28H21ClFN5O6. The number of aromatic nitrogens is 3. The fraction of sp³-hybridized carbons (Fsp3) is 0.107. The van der Waals surface area contributed by atoms with Crippen LogP contribution in [0.3, 0.4) is 0 Å². The monoisotopic (exact) mass is 577 g/mol. The zero-order valence-electron chi connectivity index (χ0n) is 21.0. The number of hydrogen-bond donors (Lipinski definition) is 5. The largest absolute Gasteiger partial charge is 0.494 e. The minimum absolute atomic E-state index is 0.0179. The minimum Gasteiger partial charge on any atom is -0.494 e. The number of carbonyl (C=O) groups is 2. The number of anilines is 2. The zero-order chi connectivity index (χ0) is 28.9. The Kier molecular flexibility index (Phi) is 6.28. The van der Waals surface area contributed by atoms with Crippen molar-refractivity contribution in [3.8, 4) is 11.8 Å². The van der Waals surface area contributed by atoms with E-state index in [1.54, 1.807) is 42.5 Å². The van der Waals surface area contributed by atoms with Gasteiger partial charge in [0.1, 0.15) is 6.61 Å². The molecule has 1 unspecified atom stereocenters. The summed E-state index contributed by atoms with van der Waals surface area (Å²) in [5.74, 6) is -1.78. The first-order valence-corrected chi connectivity index (χ1v) is 12.7. The highest BCUT2D eigenvalue weighted by Gasteiger charge is 2.51. The van der Waals surface area contributed by atoms with E-state index in [2.05, 4.69) is 15.3 Å². The highest BCUT2D eigenvalue weighted by Crippen LogP contribution is 2.46. The fourth-order valence-electron chi connectivity index (χ4n) is 4.92. The van der Waals surface area contributed by atoms with Crippen LogP contribution in [0.5, 0.6) is 11.8 Å². The van der Waals surface area contributed by atoms with E-state index >= 15 is 4.39 Å². The van der Waals surface area contributed by atoms with Gasteiger partial charge in [0.25, 0.3) is 5.91 Å². The van der Waals surface area contributed by atoms with Crippen LogP contribution in [-0.2, 0) is 17.0 Å². The Bertz CT molecular complexity index is 1820. The molecule has 0 radical (unpaired) electrons. The predicted molar refractivity (Wildman–Crippen MR) is 146 cm³/mol. The van der Waals surface area contributed by atoms with E-state index < -0.39 is 23.5 Å². The Labute approximate surface area is 236 Å². The third kappa shape index (κ3) is 4.29. The van der Waals surface area contributed by atoms with E-state index in [-0.39, 0.29) is 58.3 Å². The van der Waals surface area contributed by atoms with Gasteiger partial charge in [-0.3, -0.25) is 19.6 Å². The molecule has 0 aliphatic carbocycles. The number of H-pyrrole nitrogens is 1. The summed E-state index contributed by atoms with van der Waals surface area (Å²) in [4.78, 5) is 34.0. The summed E-state index contributed by atoms with van der Waals surface area (Å²) >= 11 is 6.01. The van der Waals surface area contributed by atoms with Gasteiger partial charge in [-0.05, 0) is 30.3 Å². The minimum atomic E-state index is -2.10. The van der Waals surface area contributed by atoms with E-state index in [1.165, 1.54) is 30.3 Å². The lowest BCUT2D eigenvalue weighted by Gasteiger charge is -2.35. The Morgan fingerprint density at radius 2 is 1.83 bits per heavy atom. The molecule has 5 N–H and O–H groups in total. The first kappa shape index (κ1) is 26.2. The van der Waals surface area contributed by atoms with E-state index in [9.17, 15) is 24.9 Å². The number of aromatic amines is 1. The van der Waals surface area contributed by atoms with Crippen molar-refractivity contribution in [2.45, 2.75) is 12.3 Å². The number of aromatic hydroxyl groups is 2. The smallest absolute Gasteiger partial charge is 0.414 e. The molecule has 5 aromatic rings. The van der Waals surface area contributed by atoms with Crippen LogP contribution in [0, 0.1) is 5.82 Å². The number of carbonyl (C=O) groups excluding carboxylic acids is 2. The van der Waals surface area contributed by atoms with Crippen LogP contribution in [0.1, 0.15) is 21.5 Å². The van der Waals surface area contributed by atoms with Gasteiger partial charge in [0.2, 0.25) is 5.95 Å². The molecule has 3 aromatic carbocycles. The summed E-state index contributed by atoms with van der Waals surface area (Å²) in [5, 5.41) is 33.8. The van der Waals surface area contributed by atoms with Crippen molar-refractivity contribution < 1.29 is 34.0 Å². The standard InChI is InChI=1S/C28H21ClFN5O6/c29-18-6-3-7-21(24(18)30)35-25(38)16-4-1-2-5-17(16)28(35,40)15-8-9-19-20(14-15)32-26(31-19)33-27(39)41-13-12-34-22(36)10-11-23(34)37/h1-11,14,36-37,40H,12-13H2,(H2,31,32,33,39). The van der Waals surface area contributed by atoms with Crippen molar-refractivity contribution in [2.75, 3.05) is 16.8 Å². The predicted octanol–water partition coefficient (Wildman–Crippen LogP) is 4.67. The number of amides is 2. The van der Waals surface area contributed by atoms with Crippen LogP contribution in [0.15, 0.2) is 72.8 Å². The molecule has 208 valence electrons. The van der Waals surface area contributed by atoms with Crippen LogP contribution in [0.4, 0.5) is 20.8 Å². The normalized spacial score (nSPS) is 16.3. The summed E-state index contributed by atoms with van der Waals surface area (Å²) < 4.78 is 21.4. The molecule has 11 nitrogen and oxygen atoms in total. The number of imidazole rings is 1. The quantitative estimate of drug-likeness (QED) is 0.196. The second-order valence-corrected chi connectivity index (χ2v) is 9.62. The molecule has 1 atom stereocenters. The molecule has 2 aromatic heterocycles. The van der Waals surface area contributed by atoms with E-state index in [0.29, 0.717) is 11.0 Å². The lowest BCUT2D eigenvalue weighted by molar-refractivity contribution is 0.0699. The average molecular weight is 578 g/mol. The number of nitrogens with zero attached hydrogens (tertiary/aromatic N) is 3. The van der Waals surface area contributed by atoms with Crippen molar-refractivity contribution in [3.63, 3.8) is 0 Å². The van der Waals surface area contributed by atoms with Gasteiger partial charge < -0.3 is 25.0 Å². The summed E-state index contributed by atoms with van der Waals surface area (Å²) in [6.45, 7) is -0.132. The van der Waals surface area contributed by atoms with Gasteiger partial charge in [0.15, 0.2) is 23.3 Å². The highest BCUT2D eigenvalue weighted by molar-refractivity contribution is 6.31. The van der Waals surface area contributed by atoms with Gasteiger partial charge >= 0.3 is 6.09 Å². The Morgan fingerprint density at radius 3 is 2.61 bits per heavy atom. The summed E-state index contributed by atoms with van der Waals surface area (Å²) in [6, 6.07) is 17.9. The van der Waals surface area contributed by atoms with Gasteiger partial charge in [0, 0.05) is 28.8 Å². The first-order valence-electron chi connectivity index (χ1n) is 12.3. The zero-order valence-corrected chi connectivity index (χ0v) is 21.8. The van der Waals surface area contributed by atoms with Crippen molar-refractivity contribution >= 4 is 46.3 Å². The lowest BCUT2D eigenvalue weighted by Crippen LogP contribution is -2.45. The van der Waals surface area contributed by atoms with Crippen LogP contribution < -0.4 is 10.2 Å². The maximum Gasteiger partial charge on any atom is 0.414 e. The second-order valence-electron chi connectivity index (χ2n) is 9.21. The molecule has 1 aliphatic heterocycles. The molecule has 0 bridgehead atoms. The van der Waals surface area contributed by atoms with Crippen LogP contribution in [-0.4, -0.2) is 48.5 Å². The number of benzene rings is 3. The van der Waals surface area contributed by atoms with Gasteiger partial charge in [-0.25, -0.2) is 14.2 Å². The number of fused-ring (bicyclic) bond motifs is 2. The van der Waals surface area contributed by atoms with Crippen LogP contribution >= 0.6 is 11.6 Å². The molecule has 0 saturated heterocycles. The van der Waals surface area contributed by atoms with E-state index in [4.69, 9.17) is 16.3 Å². The average Bonchev–Trinajstić information content (AvgIpc) is 3.58. The molecular weight excluding hydrogens is 557 g/mol. The number of rotatable bonds is 6. The first-order chi connectivity index (χ1) is 19.7. The van der Waals surface area contributed by atoms with Gasteiger partial charge in [-0.2, -0.15) is 0 Å². The van der Waals surface area contributed by atoms with Crippen LogP contribution in [0.25, 0.3) is 11.0 Å². The van der Waals surface area contributed by atoms with E-state index in [1.807, 2.05) is 0 Å². The fourth-order valence-corrected chi connectivity index (χ4v) is 5.09. The van der Waals surface area contributed by atoms with Crippen molar-refractivity contribution in [1.29, 1.82) is 0 Å². The van der Waals surface area contributed by atoms with Crippen molar-refractivity contribution in [3.05, 3.63) is 100 Å². The van der Waals surface area contributed by atoms with Crippen LogP contribution in [0.2, 0.25) is 5.02 Å². The molecule has 0 saturated carbocycles. The third-order valence-corrected chi connectivity index (χ3v) is 7.11. The number of nitrogens with one attached hydrogen (secondary N) is 2. The topological polar surface area (TPSA) is 153 Å². The molecule has 13 heteroatoms. The maximum atomic E-state index is 15.2. The molecule has 2 amide bonds. The summed E-state index contributed by atoms with van der Waals surface area (Å²) in [6.07, 6.45) is -0.841. The Hall–Kier alpha value is -5.07. The number of hydrogen-bond acceptors (Lipinski definition) is 7. The van der Waals surface area contributed by atoms with Gasteiger partial charge in [-0.1, -0.05) is 41.9 Å². The van der Waals surface area contributed by atoms with E-state index in [0.717, 1.165) is 9.47 Å². The summed E-state index contributed by atoms with van der Waals surface area (Å²) in [5.41, 5.74) is -0.787. The number of halogens is 2. The molecule has 1 aliphatic rings. The third-order valence-electron chi connectivity index (χ3n) is 6.82. The van der Waals surface area contributed by atoms with Gasteiger partial charge in [-0.15, -0.1) is 0 Å². The molecule has 0 spiro atoms. The molecule has 41 heavy (non-hydrogen) atoms. The summed E-state index contributed by atoms with van der Waals surface area (Å²) in [7, 11) is 0. The number of ether oxygens (including phenoxy) is 1. The Balaban J connectivity index is 1.29. The SMILES string of the molecule is O=C(Nc1nc2ccc(C3(O)c4ccccc4C(=O)N3c3cccc(Cl)c3F)cc2[nH]1)OCCn1c(O)ccc1O. The molecule has 6 rings (SSSR count). The highest BCUT2D eigenvalue weighted by atomic mass is 35.5. The maximum absolute atomic E-state index is 15.2. The molecule has 0 fully saturated rings. The molecule has 3 heterocycles. The number of aliphatic hydroxyl groups is 1.